The first kappa shape index (κ1) is 13.1. The summed E-state index contributed by atoms with van der Waals surface area (Å²) < 4.78 is 0. The largest absolute Gasteiger partial charge is 0.325 e. The maximum absolute atomic E-state index is 12.0. The molecule has 1 aromatic rings. The number of amides is 1. The molecule has 1 saturated carbocycles. The highest BCUT2D eigenvalue weighted by Gasteiger charge is 2.24. The van der Waals surface area contributed by atoms with Crippen molar-refractivity contribution in [3.63, 3.8) is 0 Å². The van der Waals surface area contributed by atoms with E-state index >= 15 is 0 Å². The van der Waals surface area contributed by atoms with Crippen LogP contribution in [0.25, 0.3) is 0 Å². The normalized spacial score (nSPS) is 24.8. The predicted molar refractivity (Wildman–Crippen MR) is 74.5 cm³/mol. The minimum absolute atomic E-state index is 0.0424. The molecule has 1 aliphatic rings. The van der Waals surface area contributed by atoms with Crippen LogP contribution in [0.1, 0.15) is 33.1 Å². The maximum atomic E-state index is 12.0. The van der Waals surface area contributed by atoms with Crippen LogP contribution in [0.2, 0.25) is 0 Å². The van der Waals surface area contributed by atoms with Gasteiger partial charge in [-0.05, 0) is 44.2 Å². The summed E-state index contributed by atoms with van der Waals surface area (Å²) in [6.07, 6.45) is 3.64. The summed E-state index contributed by atoms with van der Waals surface area (Å²) in [5.41, 5.74) is 0.857. The van der Waals surface area contributed by atoms with Gasteiger partial charge in [0.2, 0.25) is 5.91 Å². The van der Waals surface area contributed by atoms with Gasteiger partial charge in [0.25, 0.3) is 0 Å². The SMILES string of the molecule is CC1CCC(NC(C)C(=O)Nc2ccccc2)C1. The van der Waals surface area contributed by atoms with Crippen molar-refractivity contribution < 1.29 is 4.79 Å². The highest BCUT2D eigenvalue weighted by atomic mass is 16.2. The second kappa shape index (κ2) is 6.01. The van der Waals surface area contributed by atoms with E-state index < -0.39 is 0 Å². The summed E-state index contributed by atoms with van der Waals surface area (Å²) in [7, 11) is 0. The number of rotatable bonds is 4. The summed E-state index contributed by atoms with van der Waals surface area (Å²) in [5.74, 6) is 0.827. The fourth-order valence-corrected chi connectivity index (χ4v) is 2.56. The van der Waals surface area contributed by atoms with Crippen LogP contribution in [0.3, 0.4) is 0 Å². The van der Waals surface area contributed by atoms with Gasteiger partial charge in [0.15, 0.2) is 0 Å². The van der Waals surface area contributed by atoms with Crippen LogP contribution in [0.15, 0.2) is 30.3 Å². The zero-order chi connectivity index (χ0) is 13.0. The first-order chi connectivity index (χ1) is 8.65. The first-order valence-electron chi connectivity index (χ1n) is 6.77. The van der Waals surface area contributed by atoms with Gasteiger partial charge in [-0.1, -0.05) is 25.1 Å². The lowest BCUT2D eigenvalue weighted by molar-refractivity contribution is -0.117. The lowest BCUT2D eigenvalue weighted by Crippen LogP contribution is -2.43. The van der Waals surface area contributed by atoms with Crippen molar-refractivity contribution in [2.24, 2.45) is 5.92 Å². The van der Waals surface area contributed by atoms with Gasteiger partial charge in [-0.15, -0.1) is 0 Å². The van der Waals surface area contributed by atoms with Crippen LogP contribution in [-0.4, -0.2) is 18.0 Å². The Balaban J connectivity index is 1.82. The topological polar surface area (TPSA) is 41.1 Å². The number of hydrogen-bond acceptors (Lipinski definition) is 2. The van der Waals surface area contributed by atoms with E-state index in [1.165, 1.54) is 19.3 Å². The number of para-hydroxylation sites is 1. The average Bonchev–Trinajstić information content (AvgIpc) is 2.76. The van der Waals surface area contributed by atoms with E-state index in [-0.39, 0.29) is 11.9 Å². The summed E-state index contributed by atoms with van der Waals surface area (Å²) in [6.45, 7) is 4.21. The molecule has 0 saturated heterocycles. The Morgan fingerprint density at radius 1 is 1.28 bits per heavy atom. The lowest BCUT2D eigenvalue weighted by atomic mass is 10.1. The van der Waals surface area contributed by atoms with Crippen molar-refractivity contribution in [2.45, 2.75) is 45.2 Å². The summed E-state index contributed by atoms with van der Waals surface area (Å²) in [5, 5.41) is 6.34. The van der Waals surface area contributed by atoms with E-state index in [0.29, 0.717) is 6.04 Å². The fraction of sp³-hybridized carbons (Fsp3) is 0.533. The molecule has 3 atom stereocenters. The van der Waals surface area contributed by atoms with Crippen molar-refractivity contribution in [3.8, 4) is 0 Å². The zero-order valence-electron chi connectivity index (χ0n) is 11.1. The summed E-state index contributed by atoms with van der Waals surface area (Å²) in [6, 6.07) is 9.96. The number of carbonyl (C=O) groups is 1. The molecule has 3 heteroatoms. The molecule has 0 aliphatic heterocycles. The minimum Gasteiger partial charge on any atom is -0.325 e. The third-order valence-corrected chi connectivity index (χ3v) is 3.62. The third-order valence-electron chi connectivity index (χ3n) is 3.62. The highest BCUT2D eigenvalue weighted by molar-refractivity contribution is 5.94. The Kier molecular flexibility index (Phi) is 4.37. The van der Waals surface area contributed by atoms with Gasteiger partial charge in [-0.2, -0.15) is 0 Å². The Hall–Kier alpha value is -1.35. The van der Waals surface area contributed by atoms with E-state index in [0.717, 1.165) is 11.6 Å². The first-order valence-corrected chi connectivity index (χ1v) is 6.77. The predicted octanol–water partition coefficient (Wildman–Crippen LogP) is 2.79. The van der Waals surface area contributed by atoms with E-state index in [9.17, 15) is 4.79 Å². The van der Waals surface area contributed by atoms with Crippen LogP contribution in [0.5, 0.6) is 0 Å². The maximum Gasteiger partial charge on any atom is 0.241 e. The van der Waals surface area contributed by atoms with Gasteiger partial charge in [-0.25, -0.2) is 0 Å². The monoisotopic (exact) mass is 246 g/mol. The molecule has 98 valence electrons. The van der Waals surface area contributed by atoms with Crippen molar-refractivity contribution in [1.29, 1.82) is 0 Å². The van der Waals surface area contributed by atoms with Gasteiger partial charge in [0.1, 0.15) is 0 Å². The molecule has 2 rings (SSSR count). The third kappa shape index (κ3) is 3.57. The average molecular weight is 246 g/mol. The fourth-order valence-electron chi connectivity index (χ4n) is 2.56. The van der Waals surface area contributed by atoms with E-state index in [2.05, 4.69) is 17.6 Å². The molecule has 1 fully saturated rings. The number of hydrogen-bond donors (Lipinski definition) is 2. The van der Waals surface area contributed by atoms with Gasteiger partial charge >= 0.3 is 0 Å². The van der Waals surface area contributed by atoms with Crippen molar-refractivity contribution in [1.82, 2.24) is 5.32 Å². The molecule has 0 bridgehead atoms. The number of anilines is 1. The Morgan fingerprint density at radius 3 is 2.61 bits per heavy atom. The molecule has 0 aromatic heterocycles. The van der Waals surface area contributed by atoms with E-state index in [1.54, 1.807) is 0 Å². The number of benzene rings is 1. The Bertz CT molecular complexity index is 391. The van der Waals surface area contributed by atoms with E-state index in [1.807, 2.05) is 37.3 Å². The van der Waals surface area contributed by atoms with Gasteiger partial charge < -0.3 is 10.6 Å². The molecule has 1 amide bonds. The summed E-state index contributed by atoms with van der Waals surface area (Å²) in [4.78, 5) is 12.0. The molecular weight excluding hydrogens is 224 g/mol. The van der Waals surface area contributed by atoms with Crippen molar-refractivity contribution in [2.75, 3.05) is 5.32 Å². The highest BCUT2D eigenvalue weighted by Crippen LogP contribution is 2.24. The van der Waals surface area contributed by atoms with Crippen molar-refractivity contribution in [3.05, 3.63) is 30.3 Å². The Labute approximate surface area is 109 Å². The lowest BCUT2D eigenvalue weighted by Gasteiger charge is -2.19. The standard InChI is InChI=1S/C15H22N2O/c1-11-8-9-14(10-11)16-12(2)15(18)17-13-6-4-3-5-7-13/h3-7,11-12,14,16H,8-10H2,1-2H3,(H,17,18). The summed E-state index contributed by atoms with van der Waals surface area (Å²) >= 11 is 0. The van der Waals surface area contributed by atoms with Gasteiger partial charge in [0.05, 0.1) is 6.04 Å². The molecule has 3 unspecified atom stereocenters. The Morgan fingerprint density at radius 2 is 2.00 bits per heavy atom. The molecule has 1 aliphatic carbocycles. The van der Waals surface area contributed by atoms with Crippen LogP contribution in [-0.2, 0) is 4.79 Å². The minimum atomic E-state index is -0.138. The number of nitrogens with one attached hydrogen (secondary N) is 2. The molecule has 3 nitrogen and oxygen atoms in total. The second-order valence-corrected chi connectivity index (χ2v) is 5.36. The molecule has 0 heterocycles. The molecule has 2 N–H and O–H groups in total. The van der Waals surface area contributed by atoms with Crippen molar-refractivity contribution >= 4 is 11.6 Å². The molecule has 0 spiro atoms. The van der Waals surface area contributed by atoms with Crippen LogP contribution < -0.4 is 10.6 Å². The van der Waals surface area contributed by atoms with Crippen LogP contribution in [0.4, 0.5) is 5.69 Å². The van der Waals surface area contributed by atoms with Crippen LogP contribution >= 0.6 is 0 Å². The van der Waals surface area contributed by atoms with Crippen LogP contribution in [0, 0.1) is 5.92 Å². The smallest absolute Gasteiger partial charge is 0.241 e. The molecule has 1 aromatic carbocycles. The molecule has 0 radical (unpaired) electrons. The number of carbonyl (C=O) groups excluding carboxylic acids is 1. The second-order valence-electron chi connectivity index (χ2n) is 5.36. The quantitative estimate of drug-likeness (QED) is 0.857. The molecule has 18 heavy (non-hydrogen) atoms. The van der Waals surface area contributed by atoms with Gasteiger partial charge in [-0.3, -0.25) is 4.79 Å². The van der Waals surface area contributed by atoms with Gasteiger partial charge in [0, 0.05) is 11.7 Å². The molecular formula is C15H22N2O. The zero-order valence-corrected chi connectivity index (χ0v) is 11.1. The van der Waals surface area contributed by atoms with E-state index in [4.69, 9.17) is 0 Å².